The smallest absolute Gasteiger partial charge is 0.341 e. The van der Waals surface area contributed by atoms with Crippen LogP contribution in [-0.4, -0.2) is 9.55 Å². The van der Waals surface area contributed by atoms with Crippen molar-refractivity contribution in [1.29, 1.82) is 0 Å². The Hall–Kier alpha value is -1.72. The van der Waals surface area contributed by atoms with Crippen molar-refractivity contribution in [2.24, 2.45) is 0 Å². The molecule has 2 nitrogen and oxygen atoms in total. The zero-order valence-corrected chi connectivity index (χ0v) is 15.3. The minimum absolute atomic E-state index is 0.317. The summed E-state index contributed by atoms with van der Waals surface area (Å²) in [5.41, 5.74) is 2.45. The average molecular weight is 387 g/mol. The van der Waals surface area contributed by atoms with Crippen molar-refractivity contribution >= 4 is 34.1 Å². The van der Waals surface area contributed by atoms with Gasteiger partial charge in [-0.15, -0.1) is 0 Å². The monoisotopic (exact) mass is 386 g/mol. The first-order chi connectivity index (χ1) is 11.6. The molecule has 0 aliphatic heterocycles. The van der Waals surface area contributed by atoms with E-state index in [9.17, 15) is 13.2 Å². The Morgan fingerprint density at radius 3 is 2.40 bits per heavy atom. The van der Waals surface area contributed by atoms with Crippen LogP contribution in [0.5, 0.6) is 0 Å². The summed E-state index contributed by atoms with van der Waals surface area (Å²) >= 11 is 12.6. The lowest BCUT2D eigenvalue weighted by molar-refractivity contribution is -0.141. The maximum absolute atomic E-state index is 13.0. The van der Waals surface area contributed by atoms with Gasteiger partial charge in [0, 0.05) is 27.2 Å². The normalized spacial score (nSPS) is 12.2. The number of aryl methyl sites for hydroxylation is 3. The number of fused-ring (bicyclic) bond motifs is 1. The molecule has 0 spiro atoms. The number of hydrogen-bond acceptors (Lipinski definition) is 1. The second kappa shape index (κ2) is 6.22. The molecule has 0 fully saturated rings. The molecule has 7 heteroatoms. The molecule has 0 N–H and O–H groups in total. The zero-order valence-electron chi connectivity index (χ0n) is 13.8. The fourth-order valence-corrected chi connectivity index (χ4v) is 3.49. The Labute approximate surface area is 153 Å². The van der Waals surface area contributed by atoms with Crippen molar-refractivity contribution in [3.8, 4) is 0 Å². The highest BCUT2D eigenvalue weighted by atomic mass is 35.5. The molecule has 0 radical (unpaired) electrons. The fourth-order valence-electron chi connectivity index (χ4n) is 3.00. The van der Waals surface area contributed by atoms with Crippen LogP contribution in [0.3, 0.4) is 0 Å². The number of benzene rings is 1. The minimum Gasteiger partial charge on any atom is -0.341 e. The number of halogens is 5. The first-order valence-corrected chi connectivity index (χ1v) is 8.33. The largest absolute Gasteiger partial charge is 0.433 e. The topological polar surface area (TPSA) is 17.8 Å². The summed E-state index contributed by atoms with van der Waals surface area (Å²) in [6, 6.07) is 4.69. The zero-order chi connectivity index (χ0) is 18.5. The van der Waals surface area contributed by atoms with E-state index in [1.165, 1.54) is 0 Å². The van der Waals surface area contributed by atoms with Gasteiger partial charge in [-0.1, -0.05) is 29.3 Å². The summed E-state index contributed by atoms with van der Waals surface area (Å²) < 4.78 is 40.9. The average Bonchev–Trinajstić information content (AvgIpc) is 2.83. The van der Waals surface area contributed by atoms with Crippen molar-refractivity contribution in [3.63, 3.8) is 0 Å². The molecule has 0 atom stereocenters. The molecule has 0 aliphatic carbocycles. The van der Waals surface area contributed by atoms with Crippen LogP contribution in [-0.2, 0) is 12.7 Å². The Balaban J connectivity index is 2.18. The van der Waals surface area contributed by atoms with Crippen LogP contribution in [0.1, 0.15) is 28.1 Å². The van der Waals surface area contributed by atoms with Gasteiger partial charge >= 0.3 is 6.18 Å². The van der Waals surface area contributed by atoms with Crippen molar-refractivity contribution in [3.05, 3.63) is 62.5 Å². The SMILES string of the molecule is Cc1ccc(Cl)c(Cn2cc(C)c3cc(C(F)(F)F)nc(C)c32)c1Cl. The standard InChI is InChI=1S/C18H15Cl2F3N2/c1-9-4-5-14(19)13(16(9)20)8-25-7-10(2)12-6-15(18(21,22)23)24-11(3)17(12)25/h4-7H,8H2,1-3H3. The quantitative estimate of drug-likeness (QED) is 0.502. The summed E-state index contributed by atoms with van der Waals surface area (Å²) in [5.74, 6) is 0. The van der Waals surface area contributed by atoms with Gasteiger partial charge in [0.15, 0.2) is 0 Å². The van der Waals surface area contributed by atoms with E-state index >= 15 is 0 Å². The van der Waals surface area contributed by atoms with E-state index in [2.05, 4.69) is 4.98 Å². The minimum atomic E-state index is -4.48. The molecule has 0 unspecified atom stereocenters. The molecular formula is C18H15Cl2F3N2. The fraction of sp³-hybridized carbons (Fsp3) is 0.278. The first kappa shape index (κ1) is 18.1. The maximum Gasteiger partial charge on any atom is 0.433 e. The van der Waals surface area contributed by atoms with Crippen LogP contribution >= 0.6 is 23.2 Å². The van der Waals surface area contributed by atoms with E-state index in [4.69, 9.17) is 23.2 Å². The van der Waals surface area contributed by atoms with Gasteiger partial charge in [0.05, 0.1) is 17.8 Å². The van der Waals surface area contributed by atoms with Gasteiger partial charge in [-0.2, -0.15) is 13.2 Å². The van der Waals surface area contributed by atoms with Crippen molar-refractivity contribution < 1.29 is 13.2 Å². The molecule has 2 aromatic heterocycles. The first-order valence-electron chi connectivity index (χ1n) is 7.57. The molecule has 0 aliphatic rings. The molecular weight excluding hydrogens is 372 g/mol. The third kappa shape index (κ3) is 3.23. The number of pyridine rings is 1. The van der Waals surface area contributed by atoms with Gasteiger partial charge in [-0.05, 0) is 44.0 Å². The summed E-state index contributed by atoms with van der Waals surface area (Å²) in [6.45, 7) is 5.59. The number of rotatable bonds is 2. The number of hydrogen-bond donors (Lipinski definition) is 0. The molecule has 1 aromatic carbocycles. The maximum atomic E-state index is 13.0. The molecule has 25 heavy (non-hydrogen) atoms. The molecule has 3 rings (SSSR count). The van der Waals surface area contributed by atoms with Gasteiger partial charge in [0.2, 0.25) is 0 Å². The van der Waals surface area contributed by atoms with Crippen LogP contribution in [0.25, 0.3) is 10.9 Å². The number of alkyl halides is 3. The Bertz CT molecular complexity index is 975. The van der Waals surface area contributed by atoms with Crippen molar-refractivity contribution in [2.45, 2.75) is 33.5 Å². The lowest BCUT2D eigenvalue weighted by atomic mass is 10.1. The highest BCUT2D eigenvalue weighted by molar-refractivity contribution is 6.36. The molecule has 2 heterocycles. The van der Waals surface area contributed by atoms with Gasteiger partial charge in [-0.25, -0.2) is 4.98 Å². The Morgan fingerprint density at radius 1 is 1.08 bits per heavy atom. The van der Waals surface area contributed by atoms with Crippen LogP contribution in [0, 0.1) is 20.8 Å². The van der Waals surface area contributed by atoms with Crippen molar-refractivity contribution in [1.82, 2.24) is 9.55 Å². The van der Waals surface area contributed by atoms with Gasteiger partial charge in [0.25, 0.3) is 0 Å². The number of aromatic nitrogens is 2. The second-order valence-electron chi connectivity index (χ2n) is 6.08. The predicted octanol–water partition coefficient (Wildman–Crippen LogP) is 6.34. The van der Waals surface area contributed by atoms with E-state index in [1.807, 2.05) is 17.6 Å². The van der Waals surface area contributed by atoms with Gasteiger partial charge in [-0.3, -0.25) is 0 Å². The molecule has 132 valence electrons. The highest BCUT2D eigenvalue weighted by Crippen LogP contribution is 2.34. The Morgan fingerprint density at radius 2 is 1.76 bits per heavy atom. The van der Waals surface area contributed by atoms with Crippen LogP contribution in [0.15, 0.2) is 24.4 Å². The third-order valence-electron chi connectivity index (χ3n) is 4.23. The van der Waals surface area contributed by atoms with E-state index in [1.54, 1.807) is 26.1 Å². The van der Waals surface area contributed by atoms with Crippen LogP contribution in [0.2, 0.25) is 10.0 Å². The number of nitrogens with zero attached hydrogens (tertiary/aromatic N) is 2. The van der Waals surface area contributed by atoms with E-state index < -0.39 is 11.9 Å². The second-order valence-corrected chi connectivity index (χ2v) is 6.87. The van der Waals surface area contributed by atoms with Crippen LogP contribution < -0.4 is 0 Å². The van der Waals surface area contributed by atoms with Gasteiger partial charge in [0.1, 0.15) is 5.69 Å². The Kier molecular flexibility index (Phi) is 4.50. The predicted molar refractivity (Wildman–Crippen MR) is 94.5 cm³/mol. The lowest BCUT2D eigenvalue weighted by Gasteiger charge is -2.13. The molecule has 3 aromatic rings. The highest BCUT2D eigenvalue weighted by Gasteiger charge is 2.33. The third-order valence-corrected chi connectivity index (χ3v) is 5.11. The summed E-state index contributed by atoms with van der Waals surface area (Å²) in [4.78, 5) is 3.74. The molecule has 0 saturated carbocycles. The summed E-state index contributed by atoms with van der Waals surface area (Å²) in [7, 11) is 0. The molecule has 0 amide bonds. The molecule has 0 bridgehead atoms. The molecule has 0 saturated heterocycles. The van der Waals surface area contributed by atoms with E-state index in [-0.39, 0.29) is 0 Å². The summed E-state index contributed by atoms with van der Waals surface area (Å²) in [6.07, 6.45) is -2.68. The van der Waals surface area contributed by atoms with E-state index in [0.29, 0.717) is 33.2 Å². The van der Waals surface area contributed by atoms with E-state index in [0.717, 1.165) is 22.8 Å². The van der Waals surface area contributed by atoms with Gasteiger partial charge < -0.3 is 4.57 Å². The van der Waals surface area contributed by atoms with Crippen LogP contribution in [0.4, 0.5) is 13.2 Å². The van der Waals surface area contributed by atoms with Crippen molar-refractivity contribution in [2.75, 3.05) is 0 Å². The lowest BCUT2D eigenvalue weighted by Crippen LogP contribution is -2.10. The summed E-state index contributed by atoms with van der Waals surface area (Å²) in [5, 5.41) is 1.61.